The van der Waals surface area contributed by atoms with Crippen LogP contribution >= 0.6 is 0 Å². The van der Waals surface area contributed by atoms with Gasteiger partial charge in [0.1, 0.15) is 0 Å². The van der Waals surface area contributed by atoms with E-state index < -0.39 is 0 Å². The molecule has 0 amide bonds. The Morgan fingerprint density at radius 2 is 2.56 bits per heavy atom. The van der Waals surface area contributed by atoms with E-state index in [1.807, 2.05) is 6.21 Å². The number of hydrogen-bond acceptors (Lipinski definition) is 2. The summed E-state index contributed by atoms with van der Waals surface area (Å²) in [5.41, 5.74) is 0. The van der Waals surface area contributed by atoms with Crippen molar-refractivity contribution in [3.8, 4) is 0 Å². The molecule has 0 aliphatic carbocycles. The fraction of sp³-hybridized carbons (Fsp3) is 0.857. The average Bonchev–Trinajstić information content (AvgIpc) is 2.34. The van der Waals surface area contributed by atoms with Gasteiger partial charge in [-0.2, -0.15) is 0 Å². The van der Waals surface area contributed by atoms with E-state index in [9.17, 15) is 0 Å². The zero-order valence-corrected chi connectivity index (χ0v) is 6.01. The van der Waals surface area contributed by atoms with Crippen LogP contribution in [0.2, 0.25) is 0 Å². The van der Waals surface area contributed by atoms with E-state index in [1.165, 1.54) is 19.4 Å². The summed E-state index contributed by atoms with van der Waals surface area (Å²) in [7, 11) is 0. The SMILES string of the molecule is CCCCN1CC=NC1. The number of aliphatic imine (C=N–C) groups is 1. The van der Waals surface area contributed by atoms with Gasteiger partial charge in [0.2, 0.25) is 0 Å². The summed E-state index contributed by atoms with van der Waals surface area (Å²) in [6.07, 6.45) is 4.59. The molecule has 0 bridgehead atoms. The smallest absolute Gasteiger partial charge is 0.0909 e. The van der Waals surface area contributed by atoms with Crippen LogP contribution in [0.1, 0.15) is 19.8 Å². The van der Waals surface area contributed by atoms with Gasteiger partial charge in [-0.25, -0.2) is 0 Å². The Balaban J connectivity index is 2.01. The van der Waals surface area contributed by atoms with Crippen molar-refractivity contribution in [2.24, 2.45) is 4.99 Å². The monoisotopic (exact) mass is 126 g/mol. The third kappa shape index (κ3) is 2.14. The molecule has 1 aliphatic rings. The standard InChI is InChI=1S/C7H14N2/c1-2-3-5-9-6-4-8-7-9/h4H,2-3,5-7H2,1H3. The summed E-state index contributed by atoms with van der Waals surface area (Å²) in [6, 6.07) is 0. The summed E-state index contributed by atoms with van der Waals surface area (Å²) in [5, 5.41) is 0. The molecule has 0 spiro atoms. The Hall–Kier alpha value is -0.370. The van der Waals surface area contributed by atoms with Crippen LogP contribution in [0.5, 0.6) is 0 Å². The van der Waals surface area contributed by atoms with E-state index in [1.54, 1.807) is 0 Å². The van der Waals surface area contributed by atoms with E-state index in [0.29, 0.717) is 0 Å². The summed E-state index contributed by atoms with van der Waals surface area (Å²) < 4.78 is 0. The van der Waals surface area contributed by atoms with Crippen LogP contribution in [0, 0.1) is 0 Å². The highest BCUT2D eigenvalue weighted by molar-refractivity contribution is 5.61. The molecule has 0 aromatic carbocycles. The van der Waals surface area contributed by atoms with Gasteiger partial charge in [-0.1, -0.05) is 13.3 Å². The van der Waals surface area contributed by atoms with Gasteiger partial charge in [0.05, 0.1) is 6.67 Å². The Kier molecular flexibility index (Phi) is 2.71. The quantitative estimate of drug-likeness (QED) is 0.553. The van der Waals surface area contributed by atoms with Crippen molar-refractivity contribution in [3.05, 3.63) is 0 Å². The summed E-state index contributed by atoms with van der Waals surface area (Å²) >= 11 is 0. The molecule has 9 heavy (non-hydrogen) atoms. The molecule has 0 fully saturated rings. The lowest BCUT2D eigenvalue weighted by Crippen LogP contribution is -2.21. The summed E-state index contributed by atoms with van der Waals surface area (Å²) in [5.74, 6) is 0. The van der Waals surface area contributed by atoms with Gasteiger partial charge in [0.15, 0.2) is 0 Å². The maximum Gasteiger partial charge on any atom is 0.0909 e. The number of rotatable bonds is 3. The second-order valence-electron chi connectivity index (χ2n) is 2.44. The lowest BCUT2D eigenvalue weighted by atomic mass is 10.3. The fourth-order valence-corrected chi connectivity index (χ4v) is 0.948. The Labute approximate surface area is 56.6 Å². The molecule has 0 saturated carbocycles. The minimum atomic E-state index is 0.931. The van der Waals surface area contributed by atoms with Crippen LogP contribution in [0.25, 0.3) is 0 Å². The molecular weight excluding hydrogens is 112 g/mol. The van der Waals surface area contributed by atoms with Crippen LogP contribution in [0.4, 0.5) is 0 Å². The largest absolute Gasteiger partial charge is 0.281 e. The van der Waals surface area contributed by atoms with Crippen molar-refractivity contribution >= 4 is 6.21 Å². The molecule has 52 valence electrons. The van der Waals surface area contributed by atoms with Gasteiger partial charge < -0.3 is 0 Å². The van der Waals surface area contributed by atoms with Crippen LogP contribution in [-0.2, 0) is 0 Å². The van der Waals surface area contributed by atoms with Crippen LogP contribution < -0.4 is 0 Å². The lowest BCUT2D eigenvalue weighted by molar-refractivity contribution is 0.336. The van der Waals surface area contributed by atoms with Gasteiger partial charge in [-0.3, -0.25) is 9.89 Å². The zero-order chi connectivity index (χ0) is 6.53. The average molecular weight is 126 g/mol. The summed E-state index contributed by atoms with van der Waals surface area (Å²) in [6.45, 7) is 5.44. The van der Waals surface area contributed by atoms with Gasteiger partial charge >= 0.3 is 0 Å². The van der Waals surface area contributed by atoms with Crippen molar-refractivity contribution in [1.29, 1.82) is 0 Å². The minimum Gasteiger partial charge on any atom is -0.281 e. The molecule has 0 N–H and O–H groups in total. The van der Waals surface area contributed by atoms with Crippen LogP contribution in [-0.4, -0.2) is 30.9 Å². The molecule has 0 atom stereocenters. The minimum absolute atomic E-state index is 0.931. The van der Waals surface area contributed by atoms with Crippen molar-refractivity contribution < 1.29 is 0 Å². The van der Waals surface area contributed by atoms with Gasteiger partial charge in [-0.15, -0.1) is 0 Å². The van der Waals surface area contributed by atoms with Crippen molar-refractivity contribution in [2.45, 2.75) is 19.8 Å². The van der Waals surface area contributed by atoms with Crippen molar-refractivity contribution in [3.63, 3.8) is 0 Å². The third-order valence-electron chi connectivity index (χ3n) is 1.58. The molecule has 1 rings (SSSR count). The van der Waals surface area contributed by atoms with Crippen molar-refractivity contribution in [2.75, 3.05) is 19.8 Å². The maximum absolute atomic E-state index is 4.12. The number of hydrogen-bond donors (Lipinski definition) is 0. The molecule has 1 aliphatic heterocycles. The highest BCUT2D eigenvalue weighted by Crippen LogP contribution is 1.97. The first-order valence-corrected chi connectivity index (χ1v) is 3.64. The normalized spacial score (nSPS) is 19.2. The Morgan fingerprint density at radius 3 is 3.11 bits per heavy atom. The van der Waals surface area contributed by atoms with E-state index in [4.69, 9.17) is 0 Å². The molecule has 0 aromatic heterocycles. The highest BCUT2D eigenvalue weighted by atomic mass is 15.2. The molecule has 2 heteroatoms. The molecule has 0 radical (unpaired) electrons. The lowest BCUT2D eigenvalue weighted by Gasteiger charge is -2.11. The molecular formula is C7H14N2. The van der Waals surface area contributed by atoms with Gasteiger partial charge in [-0.05, 0) is 6.42 Å². The molecule has 1 heterocycles. The first kappa shape index (κ1) is 6.75. The maximum atomic E-state index is 4.12. The van der Waals surface area contributed by atoms with Gasteiger partial charge in [0, 0.05) is 19.3 Å². The van der Waals surface area contributed by atoms with E-state index in [0.717, 1.165) is 13.2 Å². The van der Waals surface area contributed by atoms with E-state index in [2.05, 4.69) is 16.8 Å². The topological polar surface area (TPSA) is 15.6 Å². The number of nitrogens with zero attached hydrogens (tertiary/aromatic N) is 2. The molecule has 0 aromatic rings. The predicted molar refractivity (Wildman–Crippen MR) is 39.8 cm³/mol. The molecule has 0 saturated heterocycles. The molecule has 0 unspecified atom stereocenters. The Bertz CT molecular complexity index is 91.1. The third-order valence-corrected chi connectivity index (χ3v) is 1.58. The highest BCUT2D eigenvalue weighted by Gasteiger charge is 2.04. The van der Waals surface area contributed by atoms with Crippen LogP contribution in [0.15, 0.2) is 4.99 Å². The van der Waals surface area contributed by atoms with E-state index >= 15 is 0 Å². The second kappa shape index (κ2) is 3.62. The predicted octanol–water partition coefficient (Wildman–Crippen LogP) is 1.13. The van der Waals surface area contributed by atoms with Crippen LogP contribution in [0.3, 0.4) is 0 Å². The Morgan fingerprint density at radius 1 is 1.67 bits per heavy atom. The first-order chi connectivity index (χ1) is 4.43. The second-order valence-corrected chi connectivity index (χ2v) is 2.44. The first-order valence-electron chi connectivity index (χ1n) is 3.64. The number of unbranched alkanes of at least 4 members (excludes halogenated alkanes) is 1. The van der Waals surface area contributed by atoms with Crippen molar-refractivity contribution in [1.82, 2.24) is 4.90 Å². The fourth-order valence-electron chi connectivity index (χ4n) is 0.948. The van der Waals surface area contributed by atoms with E-state index in [-0.39, 0.29) is 0 Å². The zero-order valence-electron chi connectivity index (χ0n) is 6.01. The summed E-state index contributed by atoms with van der Waals surface area (Å²) in [4.78, 5) is 6.47. The molecule has 2 nitrogen and oxygen atoms in total. The van der Waals surface area contributed by atoms with Gasteiger partial charge in [0.25, 0.3) is 0 Å².